The molecule has 33 heavy (non-hydrogen) atoms. The van der Waals surface area contributed by atoms with E-state index in [2.05, 4.69) is 34.8 Å². The van der Waals surface area contributed by atoms with E-state index in [9.17, 15) is 19.2 Å². The minimum absolute atomic E-state index is 0.139. The van der Waals surface area contributed by atoms with Crippen LogP contribution in [0.1, 0.15) is 43.6 Å². The number of fused-ring (bicyclic) bond motifs is 1. The third kappa shape index (κ3) is 6.96. The number of benzene rings is 1. The average Bonchev–Trinajstić information content (AvgIpc) is 3.43. The Morgan fingerprint density at radius 3 is 2.55 bits per heavy atom. The van der Waals surface area contributed by atoms with Crippen molar-refractivity contribution >= 4 is 34.6 Å². The van der Waals surface area contributed by atoms with Crippen molar-refractivity contribution in [2.45, 2.75) is 39.2 Å². The monoisotopic (exact) mass is 460 g/mol. The summed E-state index contributed by atoms with van der Waals surface area (Å²) in [5.74, 6) is -1.58. The fourth-order valence-electron chi connectivity index (χ4n) is 3.44. The van der Waals surface area contributed by atoms with Gasteiger partial charge in [0.2, 0.25) is 11.8 Å². The van der Waals surface area contributed by atoms with E-state index >= 15 is 0 Å². The van der Waals surface area contributed by atoms with Crippen molar-refractivity contribution in [1.29, 1.82) is 0 Å². The maximum absolute atomic E-state index is 12.4. The standard InChI is InChI=1S/C20H24N4O6.C3H8/c1-29-16-5-3-4-13-12(16)9-14(23-13)19(27)22-10-17(25)24-15(20(28)30-2)8-11-6-7-21-18(11)26;1-3-2/h3-5,9,11,15,23H,6-8,10H2,1-2H3,(H,21,26)(H,22,27)(H,24,25);3H2,1-2H3/t11-,15-;/m0./s1. The molecule has 1 saturated heterocycles. The number of hydrogen-bond donors (Lipinski definition) is 4. The molecule has 0 unspecified atom stereocenters. The Bertz CT molecular complexity index is 986. The summed E-state index contributed by atoms with van der Waals surface area (Å²) in [5.41, 5.74) is 0.999. The number of carbonyl (C=O) groups is 4. The Morgan fingerprint density at radius 1 is 1.21 bits per heavy atom. The largest absolute Gasteiger partial charge is 0.496 e. The van der Waals surface area contributed by atoms with E-state index in [0.29, 0.717) is 18.7 Å². The maximum Gasteiger partial charge on any atom is 0.328 e. The fraction of sp³-hybridized carbons (Fsp3) is 0.478. The predicted octanol–water partition coefficient (Wildman–Crippen LogP) is 1.51. The number of methoxy groups -OCH3 is 2. The highest BCUT2D eigenvalue weighted by Gasteiger charge is 2.31. The summed E-state index contributed by atoms with van der Waals surface area (Å²) in [6.45, 7) is 4.45. The molecule has 0 spiro atoms. The highest BCUT2D eigenvalue weighted by Crippen LogP contribution is 2.25. The molecule has 1 aromatic carbocycles. The molecule has 1 aliphatic rings. The number of ether oxygens (including phenoxy) is 2. The summed E-state index contributed by atoms with van der Waals surface area (Å²) < 4.78 is 9.99. The molecule has 3 rings (SSSR count). The van der Waals surface area contributed by atoms with Gasteiger partial charge in [0.1, 0.15) is 17.5 Å². The van der Waals surface area contributed by atoms with Crippen LogP contribution in [-0.2, 0) is 19.1 Å². The lowest BCUT2D eigenvalue weighted by molar-refractivity contribution is -0.145. The summed E-state index contributed by atoms with van der Waals surface area (Å²) in [4.78, 5) is 51.4. The zero-order valence-electron chi connectivity index (χ0n) is 19.4. The smallest absolute Gasteiger partial charge is 0.328 e. The van der Waals surface area contributed by atoms with Crippen LogP contribution < -0.4 is 20.7 Å². The van der Waals surface area contributed by atoms with Crippen LogP contribution in [0.25, 0.3) is 10.9 Å². The van der Waals surface area contributed by atoms with Crippen molar-refractivity contribution in [2.75, 3.05) is 27.3 Å². The SMILES string of the molecule is CCC.COC(=O)[C@H](C[C@@H]1CCNC1=O)NC(=O)CNC(=O)c1cc2c(OC)cccc2[nH]1. The molecule has 3 amide bonds. The first-order valence-electron chi connectivity index (χ1n) is 10.9. The first-order chi connectivity index (χ1) is 15.8. The van der Waals surface area contributed by atoms with Crippen LogP contribution in [0.15, 0.2) is 24.3 Å². The molecule has 2 heterocycles. The third-order valence-corrected chi connectivity index (χ3v) is 5.00. The highest BCUT2D eigenvalue weighted by atomic mass is 16.5. The minimum Gasteiger partial charge on any atom is -0.496 e. The van der Waals surface area contributed by atoms with Gasteiger partial charge in [0.15, 0.2) is 0 Å². The molecule has 0 bridgehead atoms. The molecule has 1 fully saturated rings. The Balaban J connectivity index is 0.00000122. The lowest BCUT2D eigenvalue weighted by atomic mass is 9.98. The average molecular weight is 461 g/mol. The summed E-state index contributed by atoms with van der Waals surface area (Å²) in [6, 6.07) is 6.05. The van der Waals surface area contributed by atoms with Crippen LogP contribution in [-0.4, -0.2) is 62.0 Å². The summed E-state index contributed by atoms with van der Waals surface area (Å²) >= 11 is 0. The molecule has 10 nitrogen and oxygen atoms in total. The van der Waals surface area contributed by atoms with Crippen LogP contribution in [0.5, 0.6) is 5.75 Å². The molecule has 0 saturated carbocycles. The molecule has 2 aromatic rings. The Hall–Kier alpha value is -3.56. The van der Waals surface area contributed by atoms with Gasteiger partial charge in [-0.05, 0) is 31.0 Å². The van der Waals surface area contributed by atoms with Gasteiger partial charge in [-0.15, -0.1) is 0 Å². The second-order valence-corrected chi connectivity index (χ2v) is 7.65. The van der Waals surface area contributed by atoms with Crippen molar-refractivity contribution in [3.63, 3.8) is 0 Å². The van der Waals surface area contributed by atoms with Crippen molar-refractivity contribution in [3.8, 4) is 5.75 Å². The topological polar surface area (TPSA) is 139 Å². The van der Waals surface area contributed by atoms with E-state index in [-0.39, 0.29) is 30.5 Å². The fourth-order valence-corrected chi connectivity index (χ4v) is 3.44. The highest BCUT2D eigenvalue weighted by molar-refractivity contribution is 6.01. The Kier molecular flexibility index (Phi) is 9.71. The van der Waals surface area contributed by atoms with Gasteiger partial charge in [-0.2, -0.15) is 0 Å². The van der Waals surface area contributed by atoms with E-state index in [1.807, 2.05) is 6.07 Å². The molecule has 4 N–H and O–H groups in total. The summed E-state index contributed by atoms with van der Waals surface area (Å²) in [6.07, 6.45) is 1.97. The maximum atomic E-state index is 12.4. The Labute approximate surface area is 192 Å². The number of hydrogen-bond acceptors (Lipinski definition) is 6. The number of rotatable bonds is 8. The molecule has 180 valence electrons. The van der Waals surface area contributed by atoms with Gasteiger partial charge in [-0.3, -0.25) is 14.4 Å². The summed E-state index contributed by atoms with van der Waals surface area (Å²) in [5, 5.41) is 8.47. The lowest BCUT2D eigenvalue weighted by Gasteiger charge is -2.18. The van der Waals surface area contributed by atoms with Crippen LogP contribution in [0.4, 0.5) is 0 Å². The van der Waals surface area contributed by atoms with E-state index in [1.54, 1.807) is 25.3 Å². The number of nitrogens with one attached hydrogen (secondary N) is 4. The van der Waals surface area contributed by atoms with Crippen LogP contribution in [0, 0.1) is 5.92 Å². The van der Waals surface area contributed by atoms with Crippen molar-refractivity contribution < 1.29 is 28.7 Å². The van der Waals surface area contributed by atoms with Gasteiger partial charge >= 0.3 is 5.97 Å². The number of esters is 1. The molecule has 0 aliphatic carbocycles. The number of aromatic nitrogens is 1. The molecule has 2 atom stereocenters. The van der Waals surface area contributed by atoms with E-state index in [4.69, 9.17) is 9.47 Å². The van der Waals surface area contributed by atoms with E-state index in [0.717, 1.165) is 10.9 Å². The molecular formula is C23H32N4O6. The van der Waals surface area contributed by atoms with Gasteiger partial charge in [0.05, 0.1) is 20.8 Å². The molecule has 0 radical (unpaired) electrons. The molecular weight excluding hydrogens is 428 g/mol. The number of carbonyl (C=O) groups excluding carboxylic acids is 4. The number of amides is 3. The van der Waals surface area contributed by atoms with Crippen LogP contribution in [0.3, 0.4) is 0 Å². The normalized spacial score (nSPS) is 15.6. The Morgan fingerprint density at radius 2 is 1.94 bits per heavy atom. The minimum atomic E-state index is -0.967. The van der Waals surface area contributed by atoms with Crippen molar-refractivity contribution in [2.24, 2.45) is 5.92 Å². The van der Waals surface area contributed by atoms with Crippen LogP contribution >= 0.6 is 0 Å². The third-order valence-electron chi connectivity index (χ3n) is 5.00. The van der Waals surface area contributed by atoms with Crippen LogP contribution in [0.2, 0.25) is 0 Å². The van der Waals surface area contributed by atoms with Gasteiger partial charge in [-0.1, -0.05) is 26.3 Å². The lowest BCUT2D eigenvalue weighted by Crippen LogP contribution is -2.47. The first-order valence-corrected chi connectivity index (χ1v) is 10.9. The van der Waals surface area contributed by atoms with Gasteiger partial charge in [0, 0.05) is 23.4 Å². The van der Waals surface area contributed by atoms with Gasteiger partial charge < -0.3 is 30.4 Å². The number of aromatic amines is 1. The number of H-pyrrole nitrogens is 1. The van der Waals surface area contributed by atoms with Gasteiger partial charge in [0.25, 0.3) is 5.91 Å². The van der Waals surface area contributed by atoms with E-state index < -0.39 is 23.8 Å². The van der Waals surface area contributed by atoms with Crippen molar-refractivity contribution in [3.05, 3.63) is 30.0 Å². The molecule has 10 heteroatoms. The first kappa shape index (κ1) is 25.7. The summed E-state index contributed by atoms with van der Waals surface area (Å²) in [7, 11) is 2.75. The quantitative estimate of drug-likeness (QED) is 0.441. The zero-order valence-corrected chi connectivity index (χ0v) is 19.4. The van der Waals surface area contributed by atoms with E-state index in [1.165, 1.54) is 13.5 Å². The zero-order chi connectivity index (χ0) is 24.4. The second kappa shape index (κ2) is 12.5. The van der Waals surface area contributed by atoms with Gasteiger partial charge in [-0.25, -0.2) is 4.79 Å². The predicted molar refractivity (Wildman–Crippen MR) is 123 cm³/mol. The second-order valence-electron chi connectivity index (χ2n) is 7.65. The molecule has 1 aliphatic heterocycles. The van der Waals surface area contributed by atoms with Crippen molar-refractivity contribution in [1.82, 2.24) is 20.9 Å². The molecule has 1 aromatic heterocycles.